The summed E-state index contributed by atoms with van der Waals surface area (Å²) in [4.78, 5) is 39.5. The van der Waals surface area contributed by atoms with Crippen LogP contribution < -0.4 is 16.4 Å². The number of hydrogen-bond acceptors (Lipinski definition) is 6. The molecule has 3 rings (SSSR count). The van der Waals surface area contributed by atoms with Crippen molar-refractivity contribution in [1.82, 2.24) is 15.5 Å². The minimum absolute atomic E-state index is 0.180. The second-order valence-electron chi connectivity index (χ2n) is 8.50. The number of ether oxygens (including phenoxy) is 1. The van der Waals surface area contributed by atoms with E-state index in [0.29, 0.717) is 44.6 Å². The van der Waals surface area contributed by atoms with E-state index in [1.54, 1.807) is 17.0 Å². The fourth-order valence-electron chi connectivity index (χ4n) is 3.71. The predicted molar refractivity (Wildman–Crippen MR) is 143 cm³/mol. The summed E-state index contributed by atoms with van der Waals surface area (Å²) in [6, 6.07) is 19.6. The largest absolute Gasteiger partial charge is 0.465 e. The molecule has 1 atom stereocenters. The third-order valence-electron chi connectivity index (χ3n) is 5.59. The van der Waals surface area contributed by atoms with Gasteiger partial charge in [0.1, 0.15) is 12.6 Å². The Balaban J connectivity index is 1.52. The standard InChI is InChI=1S/C27H32N4O5S/c28-22-13-11-20(12-14-22)17-31(18-23-9-6-16-37-23)25(32)24(30-26(33)34)10-4-5-15-29-27(35)36-19-21-7-2-1-3-8-21/h1-3,6-9,11-14,16,24,30H,4-5,10,15,17-19,28H2,(H,29,35)(H,33,34)/t24-/m1/s1. The predicted octanol–water partition coefficient (Wildman–Crippen LogP) is 4.59. The van der Waals surface area contributed by atoms with E-state index in [-0.39, 0.29) is 12.5 Å². The van der Waals surface area contributed by atoms with Crippen molar-refractivity contribution in [2.75, 3.05) is 12.3 Å². The van der Waals surface area contributed by atoms with Crippen LogP contribution in [0.4, 0.5) is 15.3 Å². The van der Waals surface area contributed by atoms with Crippen LogP contribution >= 0.6 is 11.3 Å². The number of nitrogens with zero attached hydrogens (tertiary/aromatic N) is 1. The lowest BCUT2D eigenvalue weighted by Gasteiger charge is -2.27. The van der Waals surface area contributed by atoms with Crippen LogP contribution in [0.15, 0.2) is 72.1 Å². The van der Waals surface area contributed by atoms with Gasteiger partial charge in [-0.2, -0.15) is 0 Å². The molecule has 3 amide bonds. The molecule has 0 aliphatic heterocycles. The summed E-state index contributed by atoms with van der Waals surface area (Å²) in [5.74, 6) is -0.303. The molecule has 9 nitrogen and oxygen atoms in total. The molecular formula is C27H32N4O5S. The number of alkyl carbamates (subject to hydrolysis) is 1. The quantitative estimate of drug-likeness (QED) is 0.191. The number of amides is 3. The molecule has 0 radical (unpaired) electrons. The van der Waals surface area contributed by atoms with Gasteiger partial charge >= 0.3 is 12.2 Å². The first-order chi connectivity index (χ1) is 17.9. The van der Waals surface area contributed by atoms with E-state index in [1.165, 1.54) is 11.3 Å². The molecule has 0 unspecified atom stereocenters. The van der Waals surface area contributed by atoms with Crippen molar-refractivity contribution in [3.63, 3.8) is 0 Å². The van der Waals surface area contributed by atoms with E-state index >= 15 is 0 Å². The Kier molecular flexibility index (Phi) is 10.8. The van der Waals surface area contributed by atoms with Gasteiger partial charge in [-0.25, -0.2) is 9.59 Å². The highest BCUT2D eigenvalue weighted by Gasteiger charge is 2.26. The van der Waals surface area contributed by atoms with Gasteiger partial charge in [-0.3, -0.25) is 4.79 Å². The Morgan fingerprint density at radius 2 is 1.70 bits per heavy atom. The van der Waals surface area contributed by atoms with Gasteiger partial charge in [0.05, 0.1) is 6.54 Å². The molecule has 10 heteroatoms. The van der Waals surface area contributed by atoms with Crippen molar-refractivity contribution in [2.24, 2.45) is 0 Å². The van der Waals surface area contributed by atoms with Crippen LogP contribution in [0.3, 0.4) is 0 Å². The molecule has 0 saturated heterocycles. The Morgan fingerprint density at radius 1 is 0.946 bits per heavy atom. The maximum absolute atomic E-state index is 13.5. The lowest BCUT2D eigenvalue weighted by atomic mass is 10.1. The topological polar surface area (TPSA) is 134 Å². The van der Waals surface area contributed by atoms with E-state index in [2.05, 4.69) is 10.6 Å². The van der Waals surface area contributed by atoms with Gasteiger partial charge in [-0.15, -0.1) is 11.3 Å². The van der Waals surface area contributed by atoms with E-state index in [9.17, 15) is 19.5 Å². The van der Waals surface area contributed by atoms with Crippen molar-refractivity contribution < 1.29 is 24.2 Å². The molecule has 0 aliphatic carbocycles. The van der Waals surface area contributed by atoms with Crippen molar-refractivity contribution in [2.45, 2.75) is 45.0 Å². The number of carboxylic acid groups (broad SMARTS) is 1. The highest BCUT2D eigenvalue weighted by molar-refractivity contribution is 7.09. The van der Waals surface area contributed by atoms with Gasteiger partial charge in [0, 0.05) is 23.7 Å². The molecule has 0 saturated carbocycles. The number of thiophene rings is 1. The maximum Gasteiger partial charge on any atom is 0.407 e. The van der Waals surface area contributed by atoms with Crippen LogP contribution in [-0.4, -0.2) is 40.7 Å². The monoisotopic (exact) mass is 524 g/mol. The van der Waals surface area contributed by atoms with E-state index in [1.807, 2.05) is 60.0 Å². The molecule has 196 valence electrons. The first-order valence-corrected chi connectivity index (χ1v) is 12.9. The van der Waals surface area contributed by atoms with Crippen molar-refractivity contribution >= 4 is 35.1 Å². The number of carbonyl (C=O) groups is 3. The number of nitrogen functional groups attached to an aromatic ring is 1. The third kappa shape index (κ3) is 9.85. The average molecular weight is 525 g/mol. The maximum atomic E-state index is 13.5. The number of carbonyl (C=O) groups excluding carboxylic acids is 2. The molecule has 0 aliphatic rings. The third-order valence-corrected chi connectivity index (χ3v) is 6.45. The fourth-order valence-corrected chi connectivity index (χ4v) is 4.43. The summed E-state index contributed by atoms with van der Waals surface area (Å²) in [5.41, 5.74) is 8.20. The number of rotatable bonds is 13. The van der Waals surface area contributed by atoms with Crippen LogP contribution in [0.2, 0.25) is 0 Å². The molecule has 1 heterocycles. The first kappa shape index (κ1) is 27.5. The SMILES string of the molecule is Nc1ccc(CN(Cc2cccs2)C(=O)[C@@H](CCCCNC(=O)OCc2ccccc2)NC(=O)O)cc1. The normalized spacial score (nSPS) is 11.4. The van der Waals surface area contributed by atoms with Crippen LogP contribution in [-0.2, 0) is 29.2 Å². The molecule has 0 spiro atoms. The number of hydrogen-bond donors (Lipinski definition) is 4. The van der Waals surface area contributed by atoms with Gasteiger partial charge < -0.3 is 31.1 Å². The molecule has 37 heavy (non-hydrogen) atoms. The van der Waals surface area contributed by atoms with Crippen LogP contribution in [0.1, 0.15) is 35.3 Å². The second-order valence-corrected chi connectivity index (χ2v) is 9.53. The average Bonchev–Trinajstić information content (AvgIpc) is 3.40. The Labute approximate surface area is 220 Å². The zero-order valence-corrected chi connectivity index (χ0v) is 21.3. The fraction of sp³-hybridized carbons (Fsp3) is 0.296. The Hall–Kier alpha value is -4.05. The molecule has 5 N–H and O–H groups in total. The lowest BCUT2D eigenvalue weighted by molar-refractivity contribution is -0.134. The van der Waals surface area contributed by atoms with Gasteiger partial charge in [-0.05, 0) is 54.0 Å². The second kappa shape index (κ2) is 14.5. The summed E-state index contributed by atoms with van der Waals surface area (Å²) in [6.07, 6.45) is -0.386. The Bertz CT molecular complexity index is 1120. The molecule has 0 bridgehead atoms. The molecule has 3 aromatic rings. The van der Waals surface area contributed by atoms with Crippen molar-refractivity contribution in [3.05, 3.63) is 88.1 Å². The smallest absolute Gasteiger partial charge is 0.407 e. The van der Waals surface area contributed by atoms with Crippen molar-refractivity contribution in [3.8, 4) is 0 Å². The Morgan fingerprint density at radius 3 is 2.38 bits per heavy atom. The van der Waals surface area contributed by atoms with Crippen LogP contribution in [0, 0.1) is 0 Å². The van der Waals surface area contributed by atoms with Gasteiger partial charge in [-0.1, -0.05) is 48.5 Å². The van der Waals surface area contributed by atoms with Crippen LogP contribution in [0.25, 0.3) is 0 Å². The first-order valence-electron chi connectivity index (χ1n) is 12.0. The summed E-state index contributed by atoms with van der Waals surface area (Å²) in [7, 11) is 0. The number of anilines is 1. The highest BCUT2D eigenvalue weighted by Crippen LogP contribution is 2.18. The van der Waals surface area contributed by atoms with Gasteiger partial charge in [0.15, 0.2) is 0 Å². The highest BCUT2D eigenvalue weighted by atomic mass is 32.1. The van der Waals surface area contributed by atoms with Crippen molar-refractivity contribution in [1.29, 1.82) is 0 Å². The number of nitrogens with two attached hydrogens (primary N) is 1. The molecule has 1 aromatic heterocycles. The summed E-state index contributed by atoms with van der Waals surface area (Å²) in [6.45, 7) is 1.23. The summed E-state index contributed by atoms with van der Waals surface area (Å²) in [5, 5.41) is 16.3. The van der Waals surface area contributed by atoms with Gasteiger partial charge in [0.2, 0.25) is 5.91 Å². The van der Waals surface area contributed by atoms with E-state index < -0.39 is 18.2 Å². The van der Waals surface area contributed by atoms with Gasteiger partial charge in [0.25, 0.3) is 0 Å². The molecule has 2 aromatic carbocycles. The molecular weight excluding hydrogens is 492 g/mol. The minimum Gasteiger partial charge on any atom is -0.465 e. The number of benzene rings is 2. The summed E-state index contributed by atoms with van der Waals surface area (Å²) >= 11 is 1.53. The summed E-state index contributed by atoms with van der Waals surface area (Å²) < 4.78 is 5.18. The number of nitrogens with one attached hydrogen (secondary N) is 2. The zero-order valence-electron chi connectivity index (χ0n) is 20.5. The zero-order chi connectivity index (χ0) is 26.5. The minimum atomic E-state index is -1.26. The van der Waals surface area contributed by atoms with E-state index in [0.717, 1.165) is 16.0 Å². The number of unbranched alkanes of at least 4 members (excludes halogenated alkanes) is 1. The lowest BCUT2D eigenvalue weighted by Crippen LogP contribution is -2.47. The molecule has 0 fully saturated rings. The van der Waals surface area contributed by atoms with E-state index in [4.69, 9.17) is 10.5 Å². The van der Waals surface area contributed by atoms with Crippen LogP contribution in [0.5, 0.6) is 0 Å².